The van der Waals surface area contributed by atoms with Crippen molar-refractivity contribution in [2.75, 3.05) is 29.6 Å². The third kappa shape index (κ3) is 6.33. The summed E-state index contributed by atoms with van der Waals surface area (Å²) >= 11 is 6.62. The number of Topliss-reactive ketones (excluding diaryl/α,β-unsaturated/α-hetero) is 1. The number of carbonyl (C=O) groups excluding carboxylic acids is 3. The Labute approximate surface area is 316 Å². The summed E-state index contributed by atoms with van der Waals surface area (Å²) in [5.74, 6) is 0.827. The summed E-state index contributed by atoms with van der Waals surface area (Å²) < 4.78 is 32.2. The molecule has 3 aliphatic heterocycles. The van der Waals surface area contributed by atoms with E-state index in [1.54, 1.807) is 84.3 Å². The maximum atomic E-state index is 16.0. The van der Waals surface area contributed by atoms with Gasteiger partial charge in [-0.05, 0) is 73.0 Å². The number of esters is 2. The molecule has 7 rings (SSSR count). The molecule has 280 valence electrons. The fraction of sp³-hybridized carbons (Fsp3) is 0.703. The molecule has 0 amide bonds. The third-order valence-electron chi connectivity index (χ3n) is 12.0. The topological polar surface area (TPSA) is 138 Å². The van der Waals surface area contributed by atoms with Gasteiger partial charge in [0.05, 0.1) is 35.7 Å². The van der Waals surface area contributed by atoms with Crippen molar-refractivity contribution >= 4 is 64.8 Å². The van der Waals surface area contributed by atoms with Crippen LogP contribution in [0.4, 0.5) is 0 Å². The zero-order chi connectivity index (χ0) is 36.3. The second kappa shape index (κ2) is 14.4. The first-order valence-corrected chi connectivity index (χ1v) is 21.9. The van der Waals surface area contributed by atoms with E-state index in [0.29, 0.717) is 11.1 Å². The number of hydrogen-bond donors (Lipinski definition) is 2. The number of aliphatic hydroxyl groups is 2. The fourth-order valence-electron chi connectivity index (χ4n) is 9.27. The van der Waals surface area contributed by atoms with Crippen molar-refractivity contribution in [2.24, 2.45) is 16.7 Å². The summed E-state index contributed by atoms with van der Waals surface area (Å²) in [5.41, 5.74) is -4.91. The first-order chi connectivity index (χ1) is 24.2. The lowest BCUT2D eigenvalue weighted by Gasteiger charge is -2.68. The molecule has 6 aliphatic rings. The van der Waals surface area contributed by atoms with Gasteiger partial charge >= 0.3 is 11.9 Å². The molecule has 51 heavy (non-hydrogen) atoms. The summed E-state index contributed by atoms with van der Waals surface area (Å²) in [5, 5.41) is 25.2. The van der Waals surface area contributed by atoms with Crippen molar-refractivity contribution in [1.82, 2.24) is 0 Å². The smallest absolute Gasteiger partial charge is 0.338 e. The lowest BCUT2D eigenvalue weighted by Crippen LogP contribution is -2.82. The molecule has 14 heteroatoms. The Morgan fingerprint density at radius 3 is 2.12 bits per heavy atom. The highest BCUT2D eigenvalue weighted by Gasteiger charge is 2.78. The van der Waals surface area contributed by atoms with Crippen LogP contribution in [0, 0.1) is 16.7 Å². The van der Waals surface area contributed by atoms with Gasteiger partial charge in [-0.15, -0.1) is 47.0 Å². The number of rotatable bonds is 7. The molecule has 10 nitrogen and oxygen atoms in total. The van der Waals surface area contributed by atoms with Gasteiger partial charge in [0.15, 0.2) is 16.2 Å². The van der Waals surface area contributed by atoms with Crippen LogP contribution in [-0.2, 0) is 33.3 Å². The number of aliphatic hydroxyl groups excluding tert-OH is 1. The molecule has 2 saturated carbocycles. The second-order valence-electron chi connectivity index (χ2n) is 15.2. The Morgan fingerprint density at radius 2 is 1.55 bits per heavy atom. The number of carbonyl (C=O) groups is 3. The van der Waals surface area contributed by atoms with Crippen LogP contribution in [0.25, 0.3) is 0 Å². The summed E-state index contributed by atoms with van der Waals surface area (Å²) in [7, 11) is 0. The molecule has 3 saturated heterocycles. The SMILES string of the molecule is CC(=O)O[C@@]12CO[C@@H]1C[C@H](OC1SCCCS1)[C@@]1(C)C(=O)[C@H](OC3SCCCS3)C3=C(C)[C@@H](O)C[C@@](O)([C@@H](OC(=O)c4ccccc4)[C@H]21)C3(C)C. The molecule has 0 unspecified atom stereocenters. The zero-order valence-electron chi connectivity index (χ0n) is 29.7. The van der Waals surface area contributed by atoms with Gasteiger partial charge in [0.25, 0.3) is 0 Å². The van der Waals surface area contributed by atoms with Gasteiger partial charge in [-0.3, -0.25) is 9.59 Å². The largest absolute Gasteiger partial charge is 0.455 e. The predicted octanol–water partition coefficient (Wildman–Crippen LogP) is 5.44. The van der Waals surface area contributed by atoms with Gasteiger partial charge in [0.1, 0.15) is 28.7 Å². The van der Waals surface area contributed by atoms with Crippen molar-refractivity contribution < 1.29 is 48.3 Å². The van der Waals surface area contributed by atoms with E-state index in [0.717, 1.165) is 35.9 Å². The highest BCUT2D eigenvalue weighted by molar-refractivity contribution is 8.17. The molecule has 0 aromatic heterocycles. The highest BCUT2D eigenvalue weighted by Crippen LogP contribution is 2.65. The van der Waals surface area contributed by atoms with Crippen molar-refractivity contribution in [1.29, 1.82) is 0 Å². The van der Waals surface area contributed by atoms with Crippen LogP contribution in [-0.4, -0.2) is 109 Å². The monoisotopic (exact) mass is 780 g/mol. The molecule has 0 spiro atoms. The standard InChI is InChI=1S/C37H48O10S4/c1-20-23(39)18-37(42)30(46-31(41)22-11-7-6-8-12-22)28-35(5,29(40)27(26(20)34(37,3)4)45-33-50-15-10-16-51-33)24(44-32-48-13-9-14-49-32)17-25-36(28,19-43-25)47-21(2)38/h6-8,11-12,23-25,27-28,30,32-33,39,42H,9-10,13-19H2,1-5H3/t23-,24-,25+,27+,28-,30-,35+,36-,37+/m0/s1. The molecule has 3 heterocycles. The molecular weight excluding hydrogens is 733 g/mol. The lowest BCUT2D eigenvalue weighted by molar-refractivity contribution is -0.348. The van der Waals surface area contributed by atoms with Crippen LogP contribution in [0.3, 0.4) is 0 Å². The molecule has 0 radical (unpaired) electrons. The third-order valence-corrected chi connectivity index (χ3v) is 17.3. The van der Waals surface area contributed by atoms with Crippen LogP contribution >= 0.6 is 47.0 Å². The zero-order valence-corrected chi connectivity index (χ0v) is 32.9. The van der Waals surface area contributed by atoms with Crippen LogP contribution in [0.1, 0.15) is 70.7 Å². The number of ether oxygens (including phenoxy) is 5. The van der Waals surface area contributed by atoms with E-state index in [2.05, 4.69) is 0 Å². The lowest BCUT2D eigenvalue weighted by atomic mass is 9.44. The summed E-state index contributed by atoms with van der Waals surface area (Å²) in [4.78, 5) is 43.2. The average molecular weight is 781 g/mol. The number of thioether (sulfide) groups is 4. The minimum Gasteiger partial charge on any atom is -0.455 e. The Morgan fingerprint density at radius 1 is 0.941 bits per heavy atom. The second-order valence-corrected chi connectivity index (χ2v) is 20.5. The number of ketones is 1. The maximum Gasteiger partial charge on any atom is 0.338 e. The van der Waals surface area contributed by atoms with E-state index in [9.17, 15) is 19.8 Å². The van der Waals surface area contributed by atoms with Crippen LogP contribution in [0.2, 0.25) is 0 Å². The number of fused-ring (bicyclic) bond motifs is 5. The van der Waals surface area contributed by atoms with E-state index in [4.69, 9.17) is 23.7 Å². The summed E-state index contributed by atoms with van der Waals surface area (Å²) in [6, 6.07) is 8.48. The minimum absolute atomic E-state index is 0.0650. The van der Waals surface area contributed by atoms with Gasteiger partial charge in [-0.25, -0.2) is 4.79 Å². The molecule has 2 N–H and O–H groups in total. The predicted molar refractivity (Wildman–Crippen MR) is 200 cm³/mol. The van der Waals surface area contributed by atoms with Gasteiger partial charge in [0, 0.05) is 25.2 Å². The molecule has 3 aliphatic carbocycles. The average Bonchev–Trinajstić information content (AvgIpc) is 3.10. The normalized spacial score (nSPS) is 39.9. The van der Waals surface area contributed by atoms with E-state index < -0.39 is 70.4 Å². The quantitative estimate of drug-likeness (QED) is 0.269. The first kappa shape index (κ1) is 38.1. The first-order valence-electron chi connectivity index (χ1n) is 17.7. The number of benzene rings is 1. The van der Waals surface area contributed by atoms with Crippen LogP contribution in [0.15, 0.2) is 41.5 Å². The Balaban J connectivity index is 1.47. The van der Waals surface area contributed by atoms with Crippen molar-refractivity contribution in [2.45, 2.75) is 112 Å². The fourth-order valence-corrected chi connectivity index (χ4v) is 14.4. The van der Waals surface area contributed by atoms with E-state index in [-0.39, 0.29) is 40.3 Å². The molecule has 1 aromatic rings. The van der Waals surface area contributed by atoms with Crippen molar-refractivity contribution in [3.05, 3.63) is 47.0 Å². The summed E-state index contributed by atoms with van der Waals surface area (Å²) in [6.45, 7) is 8.50. The summed E-state index contributed by atoms with van der Waals surface area (Å²) in [6.07, 6.45) is -3.16. The molecular formula is C37H48O10S4. The van der Waals surface area contributed by atoms with Gasteiger partial charge in [-0.2, -0.15) is 0 Å². The Kier molecular flexibility index (Phi) is 10.8. The Hall–Kier alpha value is -1.23. The van der Waals surface area contributed by atoms with Gasteiger partial charge in [-0.1, -0.05) is 32.0 Å². The molecule has 5 fully saturated rings. The molecule has 9 atom stereocenters. The van der Waals surface area contributed by atoms with E-state index in [1.807, 2.05) is 20.8 Å². The van der Waals surface area contributed by atoms with E-state index in [1.165, 1.54) is 6.92 Å². The van der Waals surface area contributed by atoms with Gasteiger partial charge < -0.3 is 33.9 Å². The molecule has 2 bridgehead atoms. The molecule has 1 aromatic carbocycles. The number of hydrogen-bond acceptors (Lipinski definition) is 14. The van der Waals surface area contributed by atoms with E-state index >= 15 is 4.79 Å². The van der Waals surface area contributed by atoms with Crippen molar-refractivity contribution in [3.8, 4) is 0 Å². The Bertz CT molecular complexity index is 1540. The minimum atomic E-state index is -1.96. The highest BCUT2D eigenvalue weighted by atomic mass is 32.2. The van der Waals surface area contributed by atoms with Crippen LogP contribution < -0.4 is 0 Å². The van der Waals surface area contributed by atoms with Crippen LogP contribution in [0.5, 0.6) is 0 Å². The van der Waals surface area contributed by atoms with Gasteiger partial charge in [0.2, 0.25) is 0 Å². The van der Waals surface area contributed by atoms with Crippen molar-refractivity contribution in [3.63, 3.8) is 0 Å². The maximum absolute atomic E-state index is 16.0.